The van der Waals surface area contributed by atoms with E-state index >= 15 is 0 Å². The fourth-order valence-corrected chi connectivity index (χ4v) is 3.17. The molecule has 1 aliphatic heterocycles. The number of carbonyl (C=O) groups is 3. The lowest BCUT2D eigenvalue weighted by Crippen LogP contribution is -2.45. The summed E-state index contributed by atoms with van der Waals surface area (Å²) in [4.78, 5) is 38.2. The molecule has 2 aromatic carbocycles. The Kier molecular flexibility index (Phi) is 6.75. The monoisotopic (exact) mass is 380 g/mol. The molecule has 1 heterocycles. The second-order valence-corrected chi connectivity index (χ2v) is 6.77. The summed E-state index contributed by atoms with van der Waals surface area (Å²) in [6.07, 6.45) is 1.37. The van der Waals surface area contributed by atoms with E-state index in [4.69, 9.17) is 0 Å². The molecule has 1 aliphatic rings. The molecule has 2 aromatic rings. The summed E-state index contributed by atoms with van der Waals surface area (Å²) in [5, 5.41) is 7.87. The van der Waals surface area contributed by atoms with Crippen molar-refractivity contribution in [3.8, 4) is 0 Å². The standard InChI is InChI=1S/C21H24N4O3/c26-19(24-21(28)23-18-9-5-2-6-10-18)15-25-13-11-16(12-14-25)20(27)22-17-7-3-1-4-8-17/h1-10,16H,11-15H2,(H,22,27)(H2,23,24,26,28). The lowest BCUT2D eigenvalue weighted by Gasteiger charge is -2.30. The van der Waals surface area contributed by atoms with Crippen LogP contribution < -0.4 is 16.0 Å². The Labute approximate surface area is 164 Å². The summed E-state index contributed by atoms with van der Waals surface area (Å²) in [6, 6.07) is 17.8. The highest BCUT2D eigenvalue weighted by molar-refractivity contribution is 6.01. The van der Waals surface area contributed by atoms with Gasteiger partial charge in [-0.15, -0.1) is 0 Å². The summed E-state index contributed by atoms with van der Waals surface area (Å²) < 4.78 is 0. The van der Waals surface area contributed by atoms with Crippen LogP contribution in [0.2, 0.25) is 0 Å². The molecule has 0 unspecified atom stereocenters. The molecule has 1 saturated heterocycles. The van der Waals surface area contributed by atoms with Crippen molar-refractivity contribution in [2.75, 3.05) is 30.3 Å². The largest absolute Gasteiger partial charge is 0.326 e. The Morgan fingerprint density at radius 2 is 1.36 bits per heavy atom. The number of urea groups is 1. The van der Waals surface area contributed by atoms with Crippen LogP contribution in [0.3, 0.4) is 0 Å². The van der Waals surface area contributed by atoms with E-state index in [1.54, 1.807) is 24.3 Å². The quantitative estimate of drug-likeness (QED) is 0.744. The smallest absolute Gasteiger partial charge is 0.325 e. The molecule has 7 heteroatoms. The molecule has 0 aliphatic carbocycles. The number of nitrogens with one attached hydrogen (secondary N) is 3. The minimum absolute atomic E-state index is 0.0116. The van der Waals surface area contributed by atoms with Crippen LogP contribution >= 0.6 is 0 Å². The third-order valence-electron chi connectivity index (χ3n) is 4.65. The topological polar surface area (TPSA) is 90.5 Å². The highest BCUT2D eigenvalue weighted by Gasteiger charge is 2.26. The Balaban J connectivity index is 1.38. The molecule has 0 bridgehead atoms. The fraction of sp³-hybridized carbons (Fsp3) is 0.286. The predicted octanol–water partition coefficient (Wildman–Crippen LogP) is 2.69. The van der Waals surface area contributed by atoms with Gasteiger partial charge in [0.1, 0.15) is 0 Å². The van der Waals surface area contributed by atoms with Gasteiger partial charge in [0.05, 0.1) is 6.54 Å². The van der Waals surface area contributed by atoms with Crippen molar-refractivity contribution >= 4 is 29.2 Å². The van der Waals surface area contributed by atoms with Crippen molar-refractivity contribution < 1.29 is 14.4 Å². The fourth-order valence-electron chi connectivity index (χ4n) is 3.17. The zero-order valence-corrected chi connectivity index (χ0v) is 15.6. The summed E-state index contributed by atoms with van der Waals surface area (Å²) in [7, 11) is 0. The van der Waals surface area contributed by atoms with Crippen molar-refractivity contribution in [3.63, 3.8) is 0 Å². The minimum atomic E-state index is -0.548. The maximum atomic E-state index is 12.4. The molecule has 0 aromatic heterocycles. The zero-order chi connectivity index (χ0) is 19.8. The lowest BCUT2D eigenvalue weighted by atomic mass is 9.96. The van der Waals surface area contributed by atoms with Crippen molar-refractivity contribution in [1.29, 1.82) is 0 Å². The van der Waals surface area contributed by atoms with E-state index in [9.17, 15) is 14.4 Å². The van der Waals surface area contributed by atoms with Crippen molar-refractivity contribution in [2.45, 2.75) is 12.8 Å². The van der Waals surface area contributed by atoms with Crippen LogP contribution in [0, 0.1) is 5.92 Å². The van der Waals surface area contributed by atoms with E-state index in [0.29, 0.717) is 31.6 Å². The van der Waals surface area contributed by atoms with Gasteiger partial charge in [0, 0.05) is 17.3 Å². The van der Waals surface area contributed by atoms with Gasteiger partial charge in [-0.25, -0.2) is 4.79 Å². The Morgan fingerprint density at radius 1 is 0.821 bits per heavy atom. The van der Waals surface area contributed by atoms with Crippen LogP contribution in [0.1, 0.15) is 12.8 Å². The Bertz CT molecular complexity index is 803. The molecule has 7 nitrogen and oxygen atoms in total. The van der Waals surface area contributed by atoms with E-state index in [-0.39, 0.29) is 24.3 Å². The molecule has 3 N–H and O–H groups in total. The van der Waals surface area contributed by atoms with Crippen LogP contribution in [0.25, 0.3) is 0 Å². The third kappa shape index (κ3) is 5.92. The maximum absolute atomic E-state index is 12.4. The third-order valence-corrected chi connectivity index (χ3v) is 4.65. The SMILES string of the molecule is O=C(CN1CCC(C(=O)Nc2ccccc2)CC1)NC(=O)Nc1ccccc1. The molecular weight excluding hydrogens is 356 g/mol. The van der Waals surface area contributed by atoms with Crippen molar-refractivity contribution in [1.82, 2.24) is 10.2 Å². The molecule has 0 spiro atoms. The van der Waals surface area contributed by atoms with Crippen molar-refractivity contribution in [3.05, 3.63) is 60.7 Å². The highest BCUT2D eigenvalue weighted by atomic mass is 16.2. The van der Waals surface area contributed by atoms with Gasteiger partial charge in [-0.2, -0.15) is 0 Å². The Morgan fingerprint density at radius 3 is 1.93 bits per heavy atom. The van der Waals surface area contributed by atoms with Gasteiger partial charge < -0.3 is 10.6 Å². The number of piperidine rings is 1. The first-order valence-electron chi connectivity index (χ1n) is 9.34. The van der Waals surface area contributed by atoms with Crippen LogP contribution in [-0.2, 0) is 9.59 Å². The number of para-hydroxylation sites is 2. The molecule has 4 amide bonds. The number of amides is 4. The maximum Gasteiger partial charge on any atom is 0.325 e. The second-order valence-electron chi connectivity index (χ2n) is 6.77. The molecular formula is C21H24N4O3. The molecule has 3 rings (SSSR count). The van der Waals surface area contributed by atoms with Gasteiger partial charge in [0.2, 0.25) is 11.8 Å². The first kappa shape index (κ1) is 19.6. The first-order chi connectivity index (χ1) is 13.6. The summed E-state index contributed by atoms with van der Waals surface area (Å²) in [5.74, 6) is -0.418. The van der Waals surface area contributed by atoms with Gasteiger partial charge >= 0.3 is 6.03 Å². The molecule has 28 heavy (non-hydrogen) atoms. The number of carbonyl (C=O) groups excluding carboxylic acids is 3. The second kappa shape index (κ2) is 9.66. The van der Waals surface area contributed by atoms with E-state index < -0.39 is 6.03 Å². The molecule has 0 radical (unpaired) electrons. The predicted molar refractivity (Wildman–Crippen MR) is 108 cm³/mol. The molecule has 146 valence electrons. The van der Waals surface area contributed by atoms with Gasteiger partial charge in [0.25, 0.3) is 0 Å². The average Bonchev–Trinajstić information content (AvgIpc) is 2.70. The van der Waals surface area contributed by atoms with Gasteiger partial charge in [-0.05, 0) is 50.2 Å². The highest BCUT2D eigenvalue weighted by Crippen LogP contribution is 2.19. The van der Waals surface area contributed by atoms with E-state index in [1.807, 2.05) is 41.3 Å². The minimum Gasteiger partial charge on any atom is -0.326 e. The van der Waals surface area contributed by atoms with Crippen LogP contribution in [0.5, 0.6) is 0 Å². The number of nitrogens with zero attached hydrogens (tertiary/aromatic N) is 1. The Hall–Kier alpha value is -3.19. The number of hydrogen-bond donors (Lipinski definition) is 3. The van der Waals surface area contributed by atoms with E-state index in [0.717, 1.165) is 5.69 Å². The van der Waals surface area contributed by atoms with Crippen LogP contribution in [-0.4, -0.2) is 42.4 Å². The van der Waals surface area contributed by atoms with Gasteiger partial charge in [-0.1, -0.05) is 36.4 Å². The lowest BCUT2D eigenvalue weighted by molar-refractivity contribution is -0.122. The molecule has 0 saturated carbocycles. The molecule has 0 atom stereocenters. The molecule has 1 fully saturated rings. The van der Waals surface area contributed by atoms with Gasteiger partial charge in [0.15, 0.2) is 0 Å². The van der Waals surface area contributed by atoms with Gasteiger partial charge in [-0.3, -0.25) is 19.8 Å². The van der Waals surface area contributed by atoms with E-state index in [2.05, 4.69) is 16.0 Å². The summed E-state index contributed by atoms with van der Waals surface area (Å²) in [5.41, 5.74) is 1.41. The number of imide groups is 1. The van der Waals surface area contributed by atoms with Crippen LogP contribution in [0.4, 0.5) is 16.2 Å². The zero-order valence-electron chi connectivity index (χ0n) is 15.6. The normalized spacial score (nSPS) is 14.9. The summed E-state index contributed by atoms with van der Waals surface area (Å²) >= 11 is 0. The summed E-state index contributed by atoms with van der Waals surface area (Å²) in [6.45, 7) is 1.41. The van der Waals surface area contributed by atoms with Crippen molar-refractivity contribution in [2.24, 2.45) is 5.92 Å². The number of anilines is 2. The van der Waals surface area contributed by atoms with E-state index in [1.165, 1.54) is 0 Å². The average molecular weight is 380 g/mol. The number of likely N-dealkylation sites (tertiary alicyclic amines) is 1. The number of rotatable bonds is 5. The number of hydrogen-bond acceptors (Lipinski definition) is 4. The first-order valence-corrected chi connectivity index (χ1v) is 9.34. The number of benzene rings is 2. The van der Waals surface area contributed by atoms with Crippen LogP contribution in [0.15, 0.2) is 60.7 Å².